The van der Waals surface area contributed by atoms with Gasteiger partial charge in [-0.2, -0.15) is 18.3 Å². The molecule has 0 saturated heterocycles. The Morgan fingerprint density at radius 1 is 1.30 bits per heavy atom. The SMILES string of the molecule is C[C@H](NCc1cn(C)nc1C(F)(F)F)c1ccc2c(c1)OCO2. The van der Waals surface area contributed by atoms with Gasteiger partial charge < -0.3 is 14.8 Å². The molecule has 1 aromatic carbocycles. The number of nitrogens with zero attached hydrogens (tertiary/aromatic N) is 2. The molecular weight excluding hydrogens is 311 g/mol. The van der Waals surface area contributed by atoms with E-state index < -0.39 is 11.9 Å². The quantitative estimate of drug-likeness (QED) is 0.938. The van der Waals surface area contributed by atoms with Gasteiger partial charge in [-0.15, -0.1) is 0 Å². The minimum absolute atomic E-state index is 0.0677. The first-order chi connectivity index (χ1) is 10.8. The third kappa shape index (κ3) is 3.26. The summed E-state index contributed by atoms with van der Waals surface area (Å²) in [5.41, 5.74) is 0.171. The summed E-state index contributed by atoms with van der Waals surface area (Å²) in [6, 6.07) is 5.33. The van der Waals surface area contributed by atoms with E-state index in [0.717, 1.165) is 5.56 Å². The van der Waals surface area contributed by atoms with Crippen molar-refractivity contribution in [1.82, 2.24) is 15.1 Å². The largest absolute Gasteiger partial charge is 0.454 e. The molecule has 0 radical (unpaired) electrons. The van der Waals surface area contributed by atoms with Crippen LogP contribution in [0.15, 0.2) is 24.4 Å². The summed E-state index contributed by atoms with van der Waals surface area (Å²) in [6.07, 6.45) is -3.08. The minimum Gasteiger partial charge on any atom is -0.454 e. The Balaban J connectivity index is 1.71. The Morgan fingerprint density at radius 3 is 2.78 bits per heavy atom. The zero-order chi connectivity index (χ0) is 16.6. The van der Waals surface area contributed by atoms with Gasteiger partial charge in [-0.05, 0) is 24.6 Å². The number of benzene rings is 1. The average molecular weight is 327 g/mol. The highest BCUT2D eigenvalue weighted by Crippen LogP contribution is 2.34. The lowest BCUT2D eigenvalue weighted by Gasteiger charge is -2.15. The fourth-order valence-corrected chi connectivity index (χ4v) is 2.47. The summed E-state index contributed by atoms with van der Waals surface area (Å²) in [5.74, 6) is 1.32. The van der Waals surface area contributed by atoms with E-state index in [0.29, 0.717) is 11.5 Å². The first-order valence-electron chi connectivity index (χ1n) is 7.07. The Kier molecular flexibility index (Phi) is 3.93. The zero-order valence-corrected chi connectivity index (χ0v) is 12.6. The van der Waals surface area contributed by atoms with Gasteiger partial charge in [-0.1, -0.05) is 6.07 Å². The zero-order valence-electron chi connectivity index (χ0n) is 12.6. The molecule has 2 heterocycles. The molecule has 1 aliphatic rings. The van der Waals surface area contributed by atoms with E-state index in [1.807, 2.05) is 19.1 Å². The lowest BCUT2D eigenvalue weighted by atomic mass is 10.1. The molecule has 0 spiro atoms. The van der Waals surface area contributed by atoms with Crippen LogP contribution in [0.1, 0.15) is 29.8 Å². The van der Waals surface area contributed by atoms with Crippen molar-refractivity contribution in [2.45, 2.75) is 25.7 Å². The molecule has 5 nitrogen and oxygen atoms in total. The number of ether oxygens (including phenoxy) is 2. The van der Waals surface area contributed by atoms with Gasteiger partial charge in [-0.25, -0.2) is 0 Å². The lowest BCUT2D eigenvalue weighted by Crippen LogP contribution is -2.20. The molecule has 2 aromatic rings. The van der Waals surface area contributed by atoms with Crippen molar-refractivity contribution in [2.75, 3.05) is 6.79 Å². The number of fused-ring (bicyclic) bond motifs is 1. The standard InChI is InChI=1S/C15H16F3N3O2/c1-9(10-3-4-12-13(5-10)23-8-22-12)19-6-11-7-21(2)20-14(11)15(16,17)18/h3-5,7,9,19H,6,8H2,1-2H3/t9-/m0/s1. The maximum atomic E-state index is 12.9. The Morgan fingerprint density at radius 2 is 2.04 bits per heavy atom. The number of hydrogen-bond acceptors (Lipinski definition) is 4. The van der Waals surface area contributed by atoms with Crippen LogP contribution in [0.3, 0.4) is 0 Å². The molecule has 0 bridgehead atoms. The van der Waals surface area contributed by atoms with Gasteiger partial charge in [0.2, 0.25) is 6.79 Å². The maximum absolute atomic E-state index is 12.9. The van der Waals surface area contributed by atoms with Gasteiger partial charge in [-0.3, -0.25) is 4.68 Å². The maximum Gasteiger partial charge on any atom is 0.435 e. The van der Waals surface area contributed by atoms with Crippen molar-refractivity contribution in [3.8, 4) is 11.5 Å². The molecule has 0 unspecified atom stereocenters. The highest BCUT2D eigenvalue weighted by molar-refractivity contribution is 5.45. The molecule has 124 valence electrons. The highest BCUT2D eigenvalue weighted by Gasteiger charge is 2.36. The molecule has 0 fully saturated rings. The number of nitrogens with one attached hydrogen (secondary N) is 1. The van der Waals surface area contributed by atoms with E-state index in [2.05, 4.69) is 10.4 Å². The van der Waals surface area contributed by atoms with Crippen molar-refractivity contribution in [1.29, 1.82) is 0 Å². The monoisotopic (exact) mass is 327 g/mol. The molecule has 8 heteroatoms. The molecule has 1 atom stereocenters. The predicted octanol–water partition coefficient (Wildman–Crippen LogP) is 3.02. The van der Waals surface area contributed by atoms with E-state index in [-0.39, 0.29) is 24.9 Å². The van der Waals surface area contributed by atoms with Crippen LogP contribution in [-0.4, -0.2) is 16.6 Å². The molecule has 0 saturated carbocycles. The summed E-state index contributed by atoms with van der Waals surface area (Å²) in [6.45, 7) is 2.13. The predicted molar refractivity (Wildman–Crippen MR) is 76.0 cm³/mol. The summed E-state index contributed by atoms with van der Waals surface area (Å²) < 4.78 is 50.5. The van der Waals surface area contributed by atoms with Gasteiger partial charge in [0.05, 0.1) is 0 Å². The first kappa shape index (κ1) is 15.7. The third-order valence-electron chi connectivity index (χ3n) is 3.67. The van der Waals surface area contributed by atoms with Crippen molar-refractivity contribution in [2.24, 2.45) is 7.05 Å². The average Bonchev–Trinajstić information content (AvgIpc) is 3.09. The Hall–Kier alpha value is -2.22. The number of hydrogen-bond donors (Lipinski definition) is 1. The van der Waals surface area contributed by atoms with Crippen LogP contribution in [0.25, 0.3) is 0 Å². The van der Waals surface area contributed by atoms with Crippen molar-refractivity contribution in [3.05, 3.63) is 41.2 Å². The van der Waals surface area contributed by atoms with E-state index in [4.69, 9.17) is 9.47 Å². The van der Waals surface area contributed by atoms with E-state index in [1.165, 1.54) is 17.9 Å². The molecule has 0 amide bonds. The van der Waals surface area contributed by atoms with Gasteiger partial charge in [0, 0.05) is 31.4 Å². The van der Waals surface area contributed by atoms with Crippen LogP contribution in [0.4, 0.5) is 13.2 Å². The van der Waals surface area contributed by atoms with Crippen molar-refractivity contribution >= 4 is 0 Å². The van der Waals surface area contributed by atoms with Gasteiger partial charge in [0.25, 0.3) is 0 Å². The number of aryl methyl sites for hydroxylation is 1. The van der Waals surface area contributed by atoms with Crippen LogP contribution in [-0.2, 0) is 19.8 Å². The molecule has 1 aromatic heterocycles. The van der Waals surface area contributed by atoms with Crippen LogP contribution in [0.5, 0.6) is 11.5 Å². The smallest absolute Gasteiger partial charge is 0.435 e. The summed E-state index contributed by atoms with van der Waals surface area (Å²) in [5, 5.41) is 6.58. The summed E-state index contributed by atoms with van der Waals surface area (Å²) >= 11 is 0. The second kappa shape index (κ2) is 5.77. The molecule has 1 N–H and O–H groups in total. The second-order valence-electron chi connectivity index (χ2n) is 5.39. The summed E-state index contributed by atoms with van der Waals surface area (Å²) in [4.78, 5) is 0. The van der Waals surface area contributed by atoms with Crippen molar-refractivity contribution < 1.29 is 22.6 Å². The molecule has 1 aliphatic heterocycles. The lowest BCUT2D eigenvalue weighted by molar-refractivity contribution is -0.142. The molecular formula is C15H16F3N3O2. The van der Waals surface area contributed by atoms with Crippen LogP contribution < -0.4 is 14.8 Å². The van der Waals surface area contributed by atoms with Gasteiger partial charge >= 0.3 is 6.18 Å². The van der Waals surface area contributed by atoms with Gasteiger partial charge in [0.15, 0.2) is 17.2 Å². The fourth-order valence-electron chi connectivity index (χ4n) is 2.47. The number of alkyl halides is 3. The molecule has 23 heavy (non-hydrogen) atoms. The first-order valence-corrected chi connectivity index (χ1v) is 7.07. The molecule has 3 rings (SSSR count). The van der Waals surface area contributed by atoms with E-state index in [9.17, 15) is 13.2 Å². The normalized spacial score (nSPS) is 15.0. The van der Waals surface area contributed by atoms with Crippen LogP contribution >= 0.6 is 0 Å². The number of halogens is 3. The van der Waals surface area contributed by atoms with Crippen LogP contribution in [0, 0.1) is 0 Å². The second-order valence-corrected chi connectivity index (χ2v) is 5.39. The van der Waals surface area contributed by atoms with Crippen molar-refractivity contribution in [3.63, 3.8) is 0 Å². The Bertz CT molecular complexity index is 712. The number of aromatic nitrogens is 2. The Labute approximate surface area is 131 Å². The van der Waals surface area contributed by atoms with E-state index >= 15 is 0 Å². The number of rotatable bonds is 4. The fraction of sp³-hybridized carbons (Fsp3) is 0.400. The van der Waals surface area contributed by atoms with Gasteiger partial charge in [0.1, 0.15) is 0 Å². The highest BCUT2D eigenvalue weighted by atomic mass is 19.4. The topological polar surface area (TPSA) is 48.3 Å². The minimum atomic E-state index is -4.46. The van der Waals surface area contributed by atoms with E-state index in [1.54, 1.807) is 6.07 Å². The summed E-state index contributed by atoms with van der Waals surface area (Å²) in [7, 11) is 1.47. The molecule has 0 aliphatic carbocycles. The van der Waals surface area contributed by atoms with Crippen LogP contribution in [0.2, 0.25) is 0 Å². The third-order valence-corrected chi connectivity index (χ3v) is 3.67.